The molecule has 0 unspecified atom stereocenters. The average Bonchev–Trinajstić information content (AvgIpc) is 2.67. The van der Waals surface area contributed by atoms with Gasteiger partial charge in [0.25, 0.3) is 0 Å². The highest BCUT2D eigenvalue weighted by Crippen LogP contribution is 2.30. The quantitative estimate of drug-likeness (QED) is 0.602. The van der Waals surface area contributed by atoms with Crippen LogP contribution in [0.2, 0.25) is 0 Å². The monoisotopic (exact) mass is 223 g/mol. The highest BCUT2D eigenvalue weighted by atomic mass is 15.0. The molecule has 1 aromatic heterocycles. The molecule has 0 radical (unpaired) electrons. The van der Waals surface area contributed by atoms with Crippen LogP contribution in [0.4, 0.5) is 0 Å². The van der Waals surface area contributed by atoms with E-state index in [-0.39, 0.29) is 0 Å². The minimum atomic E-state index is 1.09. The summed E-state index contributed by atoms with van der Waals surface area (Å²) in [4.78, 5) is 0. The molecule has 0 aliphatic heterocycles. The molecule has 0 N–H and O–H groups in total. The van der Waals surface area contributed by atoms with E-state index in [0.717, 1.165) is 6.54 Å². The van der Waals surface area contributed by atoms with Crippen molar-refractivity contribution in [3.63, 3.8) is 0 Å². The van der Waals surface area contributed by atoms with Crippen LogP contribution in [0.1, 0.15) is 18.9 Å². The highest BCUT2D eigenvalue weighted by Gasteiger charge is 2.10. The molecule has 0 amide bonds. The van der Waals surface area contributed by atoms with E-state index >= 15 is 0 Å². The van der Waals surface area contributed by atoms with Gasteiger partial charge in [0.05, 0.1) is 5.52 Å². The standard InChI is InChI=1S/C16H17N/c1-3-11-17-15-10-5-4-8-13(15)14-9-6-7-12(2)16(14)17/h4-10H,3,11H2,1-2H3. The summed E-state index contributed by atoms with van der Waals surface area (Å²) in [5.41, 5.74) is 4.13. The van der Waals surface area contributed by atoms with E-state index in [0.29, 0.717) is 0 Å². The van der Waals surface area contributed by atoms with Gasteiger partial charge in [0.15, 0.2) is 0 Å². The van der Waals surface area contributed by atoms with Gasteiger partial charge in [0, 0.05) is 22.8 Å². The van der Waals surface area contributed by atoms with Crippen LogP contribution in [0.15, 0.2) is 42.5 Å². The van der Waals surface area contributed by atoms with Crippen LogP contribution in [0.3, 0.4) is 0 Å². The lowest BCUT2D eigenvalue weighted by molar-refractivity contribution is 0.722. The maximum atomic E-state index is 2.46. The van der Waals surface area contributed by atoms with E-state index in [9.17, 15) is 0 Å². The highest BCUT2D eigenvalue weighted by molar-refractivity contribution is 6.08. The summed E-state index contributed by atoms with van der Waals surface area (Å²) in [6, 6.07) is 15.3. The van der Waals surface area contributed by atoms with Crippen LogP contribution in [0.25, 0.3) is 21.8 Å². The Morgan fingerprint density at radius 3 is 2.53 bits per heavy atom. The van der Waals surface area contributed by atoms with E-state index < -0.39 is 0 Å². The van der Waals surface area contributed by atoms with Crippen molar-refractivity contribution in [3.05, 3.63) is 48.0 Å². The first kappa shape index (κ1) is 10.4. The summed E-state index contributed by atoms with van der Waals surface area (Å²) in [6.07, 6.45) is 1.17. The van der Waals surface area contributed by atoms with Crippen molar-refractivity contribution in [2.75, 3.05) is 0 Å². The Labute approximate surface area is 102 Å². The molecule has 1 heterocycles. The van der Waals surface area contributed by atoms with Gasteiger partial charge in [0.1, 0.15) is 0 Å². The summed E-state index contributed by atoms with van der Waals surface area (Å²) in [7, 11) is 0. The minimum Gasteiger partial charge on any atom is -0.340 e. The molecule has 1 heteroatoms. The van der Waals surface area contributed by atoms with Gasteiger partial charge >= 0.3 is 0 Å². The Hall–Kier alpha value is -1.76. The maximum absolute atomic E-state index is 2.46. The third-order valence-electron chi connectivity index (χ3n) is 3.44. The van der Waals surface area contributed by atoms with Crippen LogP contribution >= 0.6 is 0 Å². The summed E-state index contributed by atoms with van der Waals surface area (Å²) in [5, 5.41) is 2.76. The normalized spacial score (nSPS) is 11.4. The van der Waals surface area contributed by atoms with Crippen LogP contribution in [-0.2, 0) is 6.54 Å². The molecule has 0 aliphatic carbocycles. The van der Waals surface area contributed by atoms with E-state index in [1.165, 1.54) is 33.8 Å². The van der Waals surface area contributed by atoms with Crippen molar-refractivity contribution < 1.29 is 0 Å². The van der Waals surface area contributed by atoms with Gasteiger partial charge < -0.3 is 4.57 Å². The van der Waals surface area contributed by atoms with Crippen LogP contribution in [0.5, 0.6) is 0 Å². The zero-order valence-electron chi connectivity index (χ0n) is 10.4. The molecule has 0 atom stereocenters. The first-order valence-electron chi connectivity index (χ1n) is 6.29. The van der Waals surface area contributed by atoms with E-state index in [2.05, 4.69) is 60.9 Å². The zero-order chi connectivity index (χ0) is 11.8. The fourth-order valence-corrected chi connectivity index (χ4v) is 2.75. The molecule has 0 saturated heterocycles. The number of benzene rings is 2. The second kappa shape index (κ2) is 3.92. The molecule has 0 spiro atoms. The van der Waals surface area contributed by atoms with E-state index in [1.807, 2.05) is 0 Å². The van der Waals surface area contributed by atoms with Gasteiger partial charge in [0.2, 0.25) is 0 Å². The molecular formula is C16H17N. The zero-order valence-corrected chi connectivity index (χ0v) is 10.4. The van der Waals surface area contributed by atoms with Crippen LogP contribution in [0, 0.1) is 6.92 Å². The predicted molar refractivity (Wildman–Crippen MR) is 74.5 cm³/mol. The third-order valence-corrected chi connectivity index (χ3v) is 3.44. The Balaban J connectivity index is 2.53. The SMILES string of the molecule is CCCn1c2ccccc2c2cccc(C)c21. The summed E-state index contributed by atoms with van der Waals surface area (Å²) < 4.78 is 2.46. The summed E-state index contributed by atoms with van der Waals surface area (Å²) in [5.74, 6) is 0. The Morgan fingerprint density at radius 2 is 1.71 bits per heavy atom. The number of para-hydroxylation sites is 2. The van der Waals surface area contributed by atoms with Crippen molar-refractivity contribution in [2.45, 2.75) is 26.8 Å². The molecule has 86 valence electrons. The molecule has 2 aromatic carbocycles. The van der Waals surface area contributed by atoms with Gasteiger partial charge in [-0.05, 0) is 25.0 Å². The van der Waals surface area contributed by atoms with Crippen LogP contribution < -0.4 is 0 Å². The third kappa shape index (κ3) is 1.46. The van der Waals surface area contributed by atoms with Gasteiger partial charge in [-0.3, -0.25) is 0 Å². The lowest BCUT2D eigenvalue weighted by Gasteiger charge is -2.06. The first-order chi connectivity index (χ1) is 8.33. The molecule has 3 rings (SSSR count). The second-order valence-electron chi connectivity index (χ2n) is 4.64. The van der Waals surface area contributed by atoms with Crippen molar-refractivity contribution in [2.24, 2.45) is 0 Å². The second-order valence-corrected chi connectivity index (χ2v) is 4.64. The van der Waals surface area contributed by atoms with Crippen molar-refractivity contribution in [3.8, 4) is 0 Å². The molecule has 0 fully saturated rings. The Morgan fingerprint density at radius 1 is 0.941 bits per heavy atom. The Bertz CT molecular complexity index is 676. The number of hydrogen-bond donors (Lipinski definition) is 0. The largest absolute Gasteiger partial charge is 0.340 e. The molecular weight excluding hydrogens is 206 g/mol. The first-order valence-corrected chi connectivity index (χ1v) is 6.29. The molecule has 3 aromatic rings. The van der Waals surface area contributed by atoms with Gasteiger partial charge in [-0.15, -0.1) is 0 Å². The van der Waals surface area contributed by atoms with E-state index in [1.54, 1.807) is 0 Å². The lowest BCUT2D eigenvalue weighted by Crippen LogP contribution is -1.96. The van der Waals surface area contributed by atoms with Crippen molar-refractivity contribution in [1.29, 1.82) is 0 Å². The molecule has 17 heavy (non-hydrogen) atoms. The van der Waals surface area contributed by atoms with Gasteiger partial charge in [-0.2, -0.15) is 0 Å². The fraction of sp³-hybridized carbons (Fsp3) is 0.250. The predicted octanol–water partition coefficient (Wildman–Crippen LogP) is 4.51. The summed E-state index contributed by atoms with van der Waals surface area (Å²) in [6.45, 7) is 5.53. The fourth-order valence-electron chi connectivity index (χ4n) is 2.75. The average molecular weight is 223 g/mol. The number of aryl methyl sites for hydroxylation is 2. The minimum absolute atomic E-state index is 1.09. The number of fused-ring (bicyclic) bond motifs is 3. The van der Waals surface area contributed by atoms with Crippen molar-refractivity contribution in [1.82, 2.24) is 4.57 Å². The van der Waals surface area contributed by atoms with Crippen LogP contribution in [-0.4, -0.2) is 4.57 Å². The number of aromatic nitrogens is 1. The molecule has 0 bridgehead atoms. The van der Waals surface area contributed by atoms with Gasteiger partial charge in [-0.25, -0.2) is 0 Å². The number of nitrogens with zero attached hydrogens (tertiary/aromatic N) is 1. The topological polar surface area (TPSA) is 4.93 Å². The lowest BCUT2D eigenvalue weighted by atomic mass is 10.1. The Kier molecular flexibility index (Phi) is 2.40. The summed E-state index contributed by atoms with van der Waals surface area (Å²) >= 11 is 0. The van der Waals surface area contributed by atoms with E-state index in [4.69, 9.17) is 0 Å². The van der Waals surface area contributed by atoms with Gasteiger partial charge in [-0.1, -0.05) is 43.3 Å². The molecule has 0 saturated carbocycles. The maximum Gasteiger partial charge on any atom is 0.0521 e. The molecule has 1 nitrogen and oxygen atoms in total. The molecule has 0 aliphatic rings. The number of rotatable bonds is 2. The smallest absolute Gasteiger partial charge is 0.0521 e. The number of hydrogen-bond acceptors (Lipinski definition) is 0. The van der Waals surface area contributed by atoms with Crippen molar-refractivity contribution >= 4 is 21.8 Å².